The van der Waals surface area contributed by atoms with Gasteiger partial charge in [0.05, 0.1) is 17.7 Å². The van der Waals surface area contributed by atoms with Crippen LogP contribution in [0.2, 0.25) is 10.0 Å². The van der Waals surface area contributed by atoms with Crippen molar-refractivity contribution in [1.29, 1.82) is 0 Å². The van der Waals surface area contributed by atoms with Gasteiger partial charge in [0.1, 0.15) is 16.9 Å². The Morgan fingerprint density at radius 2 is 1.77 bits per heavy atom. The van der Waals surface area contributed by atoms with E-state index < -0.39 is 0 Å². The van der Waals surface area contributed by atoms with Gasteiger partial charge in [0, 0.05) is 27.5 Å². The van der Waals surface area contributed by atoms with Crippen molar-refractivity contribution in [2.24, 2.45) is 0 Å². The van der Waals surface area contributed by atoms with E-state index in [2.05, 4.69) is 5.32 Å². The van der Waals surface area contributed by atoms with E-state index >= 15 is 0 Å². The van der Waals surface area contributed by atoms with E-state index in [1.165, 1.54) is 19.2 Å². The quantitative estimate of drug-likeness (QED) is 0.459. The molecular formula is C20H13Cl2NO3. The number of halogens is 2. The van der Waals surface area contributed by atoms with Crippen LogP contribution in [0, 0.1) is 0 Å². The van der Waals surface area contributed by atoms with Crippen LogP contribution in [0.3, 0.4) is 0 Å². The average molecular weight is 386 g/mol. The van der Waals surface area contributed by atoms with E-state index in [9.17, 15) is 4.79 Å². The van der Waals surface area contributed by atoms with Gasteiger partial charge in [-0.1, -0.05) is 41.4 Å². The number of hydrogen-bond acceptors (Lipinski definition) is 3. The third kappa shape index (κ3) is 2.87. The number of methoxy groups -OCH3 is 1. The Hall–Kier alpha value is -2.69. The Kier molecular flexibility index (Phi) is 4.23. The minimum absolute atomic E-state index is 0.259. The van der Waals surface area contributed by atoms with Crippen LogP contribution in [0.25, 0.3) is 21.9 Å². The third-order valence-corrected chi connectivity index (χ3v) is 4.59. The molecule has 1 aromatic heterocycles. The first kappa shape index (κ1) is 16.8. The summed E-state index contributed by atoms with van der Waals surface area (Å²) >= 11 is 12.1. The number of furan rings is 1. The van der Waals surface area contributed by atoms with Gasteiger partial charge in [-0.05, 0) is 30.3 Å². The summed E-state index contributed by atoms with van der Waals surface area (Å²) in [6.45, 7) is 0. The Labute approximate surface area is 159 Å². The highest BCUT2D eigenvalue weighted by atomic mass is 35.5. The lowest BCUT2D eigenvalue weighted by molar-refractivity contribution is 0.102. The monoisotopic (exact) mass is 385 g/mol. The zero-order valence-electron chi connectivity index (χ0n) is 13.7. The number of carbonyl (C=O) groups excluding carboxylic acids is 1. The number of nitrogens with one attached hydrogen (secondary N) is 1. The van der Waals surface area contributed by atoms with Crippen molar-refractivity contribution >= 4 is 56.7 Å². The Bertz CT molecular complexity index is 1150. The van der Waals surface area contributed by atoms with Crippen LogP contribution in [0.15, 0.2) is 59.0 Å². The maximum atomic E-state index is 12.7. The van der Waals surface area contributed by atoms with Gasteiger partial charge >= 0.3 is 0 Å². The standard InChI is InChI=1S/C20H13Cl2NO3/c1-25-19-15(8-11(21)9-16(19)22)20(24)23-12-6-7-14-13-4-2-3-5-17(13)26-18(14)10-12/h2-10H,1H3,(H,23,24). The second-order valence-corrected chi connectivity index (χ2v) is 6.58. The summed E-state index contributed by atoms with van der Waals surface area (Å²) in [5, 5.41) is 5.48. The predicted octanol–water partition coefficient (Wildman–Crippen LogP) is 6.15. The molecule has 0 radical (unpaired) electrons. The molecule has 0 spiro atoms. The third-order valence-electron chi connectivity index (χ3n) is 4.09. The molecule has 0 aliphatic heterocycles. The second kappa shape index (κ2) is 6.56. The van der Waals surface area contributed by atoms with Crippen LogP contribution >= 0.6 is 23.2 Å². The molecule has 130 valence electrons. The number of anilines is 1. The molecule has 0 bridgehead atoms. The molecule has 4 aromatic rings. The number of ether oxygens (including phenoxy) is 1. The number of para-hydroxylation sites is 1. The Morgan fingerprint density at radius 3 is 2.58 bits per heavy atom. The van der Waals surface area contributed by atoms with Crippen molar-refractivity contribution in [2.45, 2.75) is 0 Å². The summed E-state index contributed by atoms with van der Waals surface area (Å²) in [7, 11) is 1.45. The van der Waals surface area contributed by atoms with Crippen LogP contribution in [0.5, 0.6) is 5.75 Å². The summed E-state index contributed by atoms with van der Waals surface area (Å²) in [6, 6.07) is 16.3. The smallest absolute Gasteiger partial charge is 0.259 e. The minimum atomic E-state index is -0.373. The maximum Gasteiger partial charge on any atom is 0.259 e. The summed E-state index contributed by atoms with van der Waals surface area (Å²) < 4.78 is 11.1. The number of amides is 1. The molecule has 0 fully saturated rings. The molecule has 0 atom stereocenters. The van der Waals surface area contributed by atoms with Gasteiger partial charge in [-0.15, -0.1) is 0 Å². The maximum absolute atomic E-state index is 12.7. The lowest BCUT2D eigenvalue weighted by Gasteiger charge is -2.11. The highest BCUT2D eigenvalue weighted by Gasteiger charge is 2.17. The molecule has 1 heterocycles. The molecule has 26 heavy (non-hydrogen) atoms. The molecule has 4 rings (SSSR count). The largest absolute Gasteiger partial charge is 0.494 e. The number of hydrogen-bond donors (Lipinski definition) is 1. The van der Waals surface area contributed by atoms with Crippen molar-refractivity contribution in [1.82, 2.24) is 0 Å². The normalized spacial score (nSPS) is 11.0. The van der Waals surface area contributed by atoms with Crippen LogP contribution in [-0.2, 0) is 0 Å². The summed E-state index contributed by atoms with van der Waals surface area (Å²) in [5.41, 5.74) is 2.35. The molecule has 0 aliphatic rings. The first-order valence-corrected chi connectivity index (χ1v) is 8.58. The van der Waals surface area contributed by atoms with Gasteiger partial charge in [0.2, 0.25) is 0 Å². The highest BCUT2D eigenvalue weighted by Crippen LogP contribution is 2.34. The van der Waals surface area contributed by atoms with E-state index in [1.807, 2.05) is 36.4 Å². The molecule has 3 aromatic carbocycles. The number of benzene rings is 3. The molecular weight excluding hydrogens is 373 g/mol. The molecule has 0 saturated heterocycles. The number of rotatable bonds is 3. The van der Waals surface area contributed by atoms with Crippen LogP contribution in [0.4, 0.5) is 5.69 Å². The predicted molar refractivity (Wildman–Crippen MR) is 105 cm³/mol. The van der Waals surface area contributed by atoms with E-state index in [0.29, 0.717) is 16.3 Å². The molecule has 0 aliphatic carbocycles. The van der Waals surface area contributed by atoms with Crippen LogP contribution in [0.1, 0.15) is 10.4 Å². The van der Waals surface area contributed by atoms with Crippen LogP contribution < -0.4 is 10.1 Å². The van der Waals surface area contributed by atoms with Crippen molar-refractivity contribution in [2.75, 3.05) is 12.4 Å². The number of carbonyl (C=O) groups is 1. The minimum Gasteiger partial charge on any atom is -0.494 e. The van der Waals surface area contributed by atoms with Gasteiger partial charge in [0.15, 0.2) is 0 Å². The van der Waals surface area contributed by atoms with Crippen molar-refractivity contribution in [3.05, 3.63) is 70.2 Å². The van der Waals surface area contributed by atoms with Crippen LogP contribution in [-0.4, -0.2) is 13.0 Å². The zero-order chi connectivity index (χ0) is 18.3. The summed E-state index contributed by atoms with van der Waals surface area (Å²) in [4.78, 5) is 12.7. The molecule has 0 saturated carbocycles. The molecule has 1 amide bonds. The fraction of sp³-hybridized carbons (Fsp3) is 0.0500. The first-order chi connectivity index (χ1) is 12.6. The van der Waals surface area contributed by atoms with Gasteiger partial charge < -0.3 is 14.5 Å². The molecule has 1 N–H and O–H groups in total. The Morgan fingerprint density at radius 1 is 1.00 bits per heavy atom. The molecule has 4 nitrogen and oxygen atoms in total. The van der Waals surface area contributed by atoms with Crippen molar-refractivity contribution in [3.8, 4) is 5.75 Å². The van der Waals surface area contributed by atoms with Gasteiger partial charge in [-0.25, -0.2) is 0 Å². The lowest BCUT2D eigenvalue weighted by Crippen LogP contribution is -2.13. The van der Waals surface area contributed by atoms with E-state index in [4.69, 9.17) is 32.4 Å². The first-order valence-electron chi connectivity index (χ1n) is 7.82. The second-order valence-electron chi connectivity index (χ2n) is 5.73. The fourth-order valence-corrected chi connectivity index (χ4v) is 3.51. The lowest BCUT2D eigenvalue weighted by atomic mass is 10.1. The Balaban J connectivity index is 1.71. The molecule has 0 unspecified atom stereocenters. The van der Waals surface area contributed by atoms with E-state index in [1.54, 1.807) is 6.07 Å². The zero-order valence-corrected chi connectivity index (χ0v) is 15.2. The summed E-state index contributed by atoms with van der Waals surface area (Å²) in [6.07, 6.45) is 0. The molecule has 6 heteroatoms. The van der Waals surface area contributed by atoms with E-state index in [-0.39, 0.29) is 22.2 Å². The SMILES string of the molecule is COc1c(Cl)cc(Cl)cc1C(=O)Nc1ccc2c(c1)oc1ccccc12. The average Bonchev–Trinajstić information content (AvgIpc) is 2.98. The highest BCUT2D eigenvalue weighted by molar-refractivity contribution is 6.36. The van der Waals surface area contributed by atoms with Gasteiger partial charge in [-0.2, -0.15) is 0 Å². The fourth-order valence-electron chi connectivity index (χ4n) is 2.94. The van der Waals surface area contributed by atoms with Crippen molar-refractivity contribution < 1.29 is 13.9 Å². The van der Waals surface area contributed by atoms with E-state index in [0.717, 1.165) is 16.4 Å². The number of fused-ring (bicyclic) bond motifs is 3. The van der Waals surface area contributed by atoms with Crippen molar-refractivity contribution in [3.63, 3.8) is 0 Å². The summed E-state index contributed by atoms with van der Waals surface area (Å²) in [5.74, 6) is -0.0971. The van der Waals surface area contributed by atoms with Gasteiger partial charge in [-0.3, -0.25) is 4.79 Å². The topological polar surface area (TPSA) is 51.5 Å². The van der Waals surface area contributed by atoms with Gasteiger partial charge in [0.25, 0.3) is 5.91 Å².